The van der Waals surface area contributed by atoms with Crippen molar-refractivity contribution in [1.82, 2.24) is 0 Å². The number of fused-ring (bicyclic) bond motifs is 1. The lowest BCUT2D eigenvalue weighted by Crippen LogP contribution is -2.29. The van der Waals surface area contributed by atoms with E-state index in [0.29, 0.717) is 19.8 Å². The van der Waals surface area contributed by atoms with Gasteiger partial charge in [0.05, 0.1) is 19.3 Å². The molecule has 0 saturated carbocycles. The summed E-state index contributed by atoms with van der Waals surface area (Å²) >= 11 is 0. The van der Waals surface area contributed by atoms with Crippen molar-refractivity contribution in [1.29, 1.82) is 0 Å². The van der Waals surface area contributed by atoms with Crippen molar-refractivity contribution < 1.29 is 14.2 Å². The second-order valence-corrected chi connectivity index (χ2v) is 3.61. The van der Waals surface area contributed by atoms with Crippen LogP contribution in [0.4, 0.5) is 0 Å². The minimum atomic E-state index is 0.162. The quantitative estimate of drug-likeness (QED) is 0.704. The third-order valence-electron chi connectivity index (χ3n) is 2.49. The highest BCUT2D eigenvalue weighted by Gasteiger charge is 2.19. The Balaban J connectivity index is 1.88. The number of benzene rings is 1. The Hall–Kier alpha value is -1.06. The summed E-state index contributed by atoms with van der Waals surface area (Å²) in [5.41, 5.74) is 1.23. The van der Waals surface area contributed by atoms with Gasteiger partial charge < -0.3 is 14.2 Å². The van der Waals surface area contributed by atoms with Gasteiger partial charge in [0, 0.05) is 13.5 Å². The van der Waals surface area contributed by atoms with E-state index in [1.807, 2.05) is 18.2 Å². The van der Waals surface area contributed by atoms with Gasteiger partial charge in [-0.25, -0.2) is 0 Å². The lowest BCUT2D eigenvalue weighted by atomic mass is 10.0. The fourth-order valence-electron chi connectivity index (χ4n) is 1.71. The summed E-state index contributed by atoms with van der Waals surface area (Å²) in [5, 5.41) is 0. The molecule has 82 valence electrons. The van der Waals surface area contributed by atoms with E-state index in [1.54, 1.807) is 7.11 Å². The number of rotatable bonds is 4. The maximum absolute atomic E-state index is 5.63. The first-order chi connectivity index (χ1) is 7.40. The van der Waals surface area contributed by atoms with Gasteiger partial charge in [-0.05, 0) is 11.6 Å². The molecular weight excluding hydrogens is 192 g/mol. The molecule has 0 fully saturated rings. The molecule has 1 aliphatic rings. The van der Waals surface area contributed by atoms with Crippen molar-refractivity contribution in [2.75, 3.05) is 26.9 Å². The van der Waals surface area contributed by atoms with Gasteiger partial charge in [0.1, 0.15) is 12.4 Å². The summed E-state index contributed by atoms with van der Waals surface area (Å²) in [7, 11) is 1.68. The van der Waals surface area contributed by atoms with Crippen molar-refractivity contribution in [3.63, 3.8) is 0 Å². The van der Waals surface area contributed by atoms with Gasteiger partial charge in [-0.2, -0.15) is 0 Å². The molecule has 0 N–H and O–H groups in total. The summed E-state index contributed by atoms with van der Waals surface area (Å²) in [6, 6.07) is 8.10. The fourth-order valence-corrected chi connectivity index (χ4v) is 1.71. The molecule has 3 nitrogen and oxygen atoms in total. The average molecular weight is 208 g/mol. The summed E-state index contributed by atoms with van der Waals surface area (Å²) in [5.74, 6) is 0.990. The van der Waals surface area contributed by atoms with E-state index >= 15 is 0 Å². The fraction of sp³-hybridized carbons (Fsp3) is 0.500. The van der Waals surface area contributed by atoms with Gasteiger partial charge in [-0.1, -0.05) is 18.2 Å². The number of ether oxygens (including phenoxy) is 3. The van der Waals surface area contributed by atoms with Crippen LogP contribution in [0.25, 0.3) is 0 Å². The Morgan fingerprint density at radius 3 is 3.07 bits per heavy atom. The van der Waals surface area contributed by atoms with Crippen molar-refractivity contribution in [3.05, 3.63) is 29.8 Å². The highest BCUT2D eigenvalue weighted by Crippen LogP contribution is 2.24. The van der Waals surface area contributed by atoms with Crippen LogP contribution in [-0.4, -0.2) is 33.0 Å². The van der Waals surface area contributed by atoms with Gasteiger partial charge in [0.15, 0.2) is 0 Å². The van der Waals surface area contributed by atoms with E-state index in [-0.39, 0.29) is 6.10 Å². The Morgan fingerprint density at radius 1 is 1.33 bits per heavy atom. The monoisotopic (exact) mass is 208 g/mol. The zero-order valence-corrected chi connectivity index (χ0v) is 8.94. The summed E-state index contributed by atoms with van der Waals surface area (Å²) in [6.45, 7) is 1.91. The Labute approximate surface area is 90.0 Å². The number of hydrogen-bond acceptors (Lipinski definition) is 3. The van der Waals surface area contributed by atoms with E-state index < -0.39 is 0 Å². The van der Waals surface area contributed by atoms with Crippen molar-refractivity contribution in [2.24, 2.45) is 0 Å². The first-order valence-electron chi connectivity index (χ1n) is 5.21. The molecule has 2 rings (SSSR count). The maximum Gasteiger partial charge on any atom is 0.122 e. The van der Waals surface area contributed by atoms with Crippen LogP contribution in [0.15, 0.2) is 24.3 Å². The molecule has 0 aliphatic carbocycles. The van der Waals surface area contributed by atoms with Crippen LogP contribution in [-0.2, 0) is 15.9 Å². The molecule has 0 spiro atoms. The zero-order valence-electron chi connectivity index (χ0n) is 8.94. The maximum atomic E-state index is 5.63. The first kappa shape index (κ1) is 10.5. The standard InChI is InChI=1S/C12H16O3/c1-13-6-7-14-11-8-10-4-2-3-5-12(10)15-9-11/h2-5,11H,6-9H2,1H3/t11-/m1/s1. The van der Waals surface area contributed by atoms with Gasteiger partial charge in [0.2, 0.25) is 0 Å². The minimum absolute atomic E-state index is 0.162. The molecular formula is C12H16O3. The molecule has 1 aromatic rings. The second-order valence-electron chi connectivity index (χ2n) is 3.61. The molecule has 0 radical (unpaired) electrons. The molecule has 0 bridgehead atoms. The normalized spacial score (nSPS) is 19.4. The second kappa shape index (κ2) is 5.14. The van der Waals surface area contributed by atoms with Gasteiger partial charge in [-0.15, -0.1) is 0 Å². The zero-order chi connectivity index (χ0) is 10.5. The van der Waals surface area contributed by atoms with Crippen LogP contribution < -0.4 is 4.74 Å². The van der Waals surface area contributed by atoms with E-state index in [0.717, 1.165) is 12.2 Å². The van der Waals surface area contributed by atoms with E-state index in [9.17, 15) is 0 Å². The SMILES string of the molecule is COCCO[C@H]1COc2ccccc2C1. The Kier molecular flexibility index (Phi) is 3.59. The van der Waals surface area contributed by atoms with Crippen LogP contribution in [0, 0.1) is 0 Å². The van der Waals surface area contributed by atoms with Crippen LogP contribution in [0.2, 0.25) is 0 Å². The van der Waals surface area contributed by atoms with E-state index in [2.05, 4.69) is 6.07 Å². The molecule has 0 saturated heterocycles. The van der Waals surface area contributed by atoms with Crippen LogP contribution in [0.1, 0.15) is 5.56 Å². The minimum Gasteiger partial charge on any atom is -0.491 e. The summed E-state index contributed by atoms with van der Waals surface area (Å²) < 4.78 is 16.2. The van der Waals surface area contributed by atoms with E-state index in [1.165, 1.54) is 5.56 Å². The summed E-state index contributed by atoms with van der Waals surface area (Å²) in [4.78, 5) is 0. The Morgan fingerprint density at radius 2 is 2.20 bits per heavy atom. The lowest BCUT2D eigenvalue weighted by molar-refractivity contribution is -0.0119. The van der Waals surface area contributed by atoms with Gasteiger partial charge in [-0.3, -0.25) is 0 Å². The molecule has 15 heavy (non-hydrogen) atoms. The molecule has 3 heteroatoms. The molecule has 0 unspecified atom stereocenters. The molecule has 1 aliphatic heterocycles. The number of hydrogen-bond donors (Lipinski definition) is 0. The van der Waals surface area contributed by atoms with E-state index in [4.69, 9.17) is 14.2 Å². The molecule has 0 amide bonds. The smallest absolute Gasteiger partial charge is 0.122 e. The van der Waals surface area contributed by atoms with Crippen molar-refractivity contribution >= 4 is 0 Å². The first-order valence-corrected chi connectivity index (χ1v) is 5.21. The average Bonchev–Trinajstić information content (AvgIpc) is 2.29. The predicted molar refractivity (Wildman–Crippen MR) is 57.3 cm³/mol. The predicted octanol–water partition coefficient (Wildman–Crippen LogP) is 1.65. The highest BCUT2D eigenvalue weighted by atomic mass is 16.5. The highest BCUT2D eigenvalue weighted by molar-refractivity contribution is 5.35. The van der Waals surface area contributed by atoms with Crippen LogP contribution in [0.3, 0.4) is 0 Å². The molecule has 1 aromatic carbocycles. The molecule has 1 atom stereocenters. The van der Waals surface area contributed by atoms with Crippen LogP contribution in [0.5, 0.6) is 5.75 Å². The summed E-state index contributed by atoms with van der Waals surface area (Å²) in [6.07, 6.45) is 1.09. The number of methoxy groups -OCH3 is 1. The third kappa shape index (κ3) is 2.70. The van der Waals surface area contributed by atoms with Crippen LogP contribution >= 0.6 is 0 Å². The van der Waals surface area contributed by atoms with Crippen molar-refractivity contribution in [2.45, 2.75) is 12.5 Å². The Bertz CT molecular complexity index is 311. The largest absolute Gasteiger partial charge is 0.491 e. The van der Waals surface area contributed by atoms with Crippen molar-refractivity contribution in [3.8, 4) is 5.75 Å². The van der Waals surface area contributed by atoms with Gasteiger partial charge in [0.25, 0.3) is 0 Å². The topological polar surface area (TPSA) is 27.7 Å². The number of para-hydroxylation sites is 1. The lowest BCUT2D eigenvalue weighted by Gasteiger charge is -2.25. The third-order valence-corrected chi connectivity index (χ3v) is 2.49. The molecule has 1 heterocycles. The van der Waals surface area contributed by atoms with Gasteiger partial charge >= 0.3 is 0 Å². The molecule has 0 aromatic heterocycles.